The number of thioether (sulfide) groups is 1. The van der Waals surface area contributed by atoms with Gasteiger partial charge < -0.3 is 9.47 Å². The predicted octanol–water partition coefficient (Wildman–Crippen LogP) is 3.27. The number of imidazole rings is 1. The number of carbonyl (C=O) groups excluding carboxylic acids is 1. The van der Waals surface area contributed by atoms with Gasteiger partial charge in [0.05, 0.1) is 10.1 Å². The molecule has 1 aliphatic rings. The van der Waals surface area contributed by atoms with Gasteiger partial charge in [0, 0.05) is 45.1 Å². The molecule has 0 saturated carbocycles. The van der Waals surface area contributed by atoms with E-state index in [9.17, 15) is 13.2 Å². The highest BCUT2D eigenvalue weighted by atomic mass is 35.5. The van der Waals surface area contributed by atoms with Crippen LogP contribution in [0.15, 0.2) is 64.2 Å². The fourth-order valence-corrected chi connectivity index (χ4v) is 7.22. The lowest BCUT2D eigenvalue weighted by Gasteiger charge is -2.33. The second kappa shape index (κ2) is 9.74. The van der Waals surface area contributed by atoms with Gasteiger partial charge in [0.2, 0.25) is 5.91 Å². The smallest absolute Gasteiger partial charge is 0.252 e. The zero-order valence-corrected chi connectivity index (χ0v) is 19.8. The average molecular weight is 497 g/mol. The molecule has 1 amide bonds. The molecule has 0 aliphatic carbocycles. The average Bonchev–Trinajstić information content (AvgIpc) is 3.42. The van der Waals surface area contributed by atoms with Gasteiger partial charge >= 0.3 is 0 Å². The number of halogens is 1. The summed E-state index contributed by atoms with van der Waals surface area (Å²) in [4.78, 5) is 18.8. The molecule has 1 aliphatic heterocycles. The first-order valence-electron chi connectivity index (χ1n) is 9.64. The molecule has 3 aromatic rings. The summed E-state index contributed by atoms with van der Waals surface area (Å²) in [5, 5.41) is 0.785. The summed E-state index contributed by atoms with van der Waals surface area (Å²) in [5.74, 6) is 0.245. The van der Waals surface area contributed by atoms with E-state index in [0.717, 1.165) is 22.1 Å². The van der Waals surface area contributed by atoms with Crippen LogP contribution in [0, 0.1) is 0 Å². The minimum atomic E-state index is -3.56. The molecule has 0 radical (unpaired) electrons. The number of amides is 1. The molecular formula is C20H21ClN4O3S3. The molecule has 0 spiro atoms. The number of aromatic nitrogens is 2. The Labute approximate surface area is 194 Å². The fourth-order valence-electron chi connectivity index (χ4n) is 3.30. The Hall–Kier alpha value is -1.85. The Kier molecular flexibility index (Phi) is 7.02. The molecule has 0 N–H and O–H groups in total. The van der Waals surface area contributed by atoms with Gasteiger partial charge in [0.25, 0.3) is 10.0 Å². The second-order valence-electron chi connectivity index (χ2n) is 6.96. The Balaban J connectivity index is 1.30. The van der Waals surface area contributed by atoms with E-state index in [1.165, 1.54) is 22.1 Å². The van der Waals surface area contributed by atoms with Crippen molar-refractivity contribution in [1.82, 2.24) is 18.8 Å². The maximum Gasteiger partial charge on any atom is 0.252 e. The minimum absolute atomic E-state index is 0.0181. The largest absolute Gasteiger partial charge is 0.339 e. The number of benzene rings is 1. The van der Waals surface area contributed by atoms with Gasteiger partial charge in [-0.15, -0.1) is 11.3 Å². The topological polar surface area (TPSA) is 75.5 Å². The Bertz CT molecular complexity index is 1140. The van der Waals surface area contributed by atoms with E-state index >= 15 is 0 Å². The van der Waals surface area contributed by atoms with Gasteiger partial charge in [-0.05, 0) is 17.7 Å². The standard InChI is InChI=1S/C20H21ClN4O3S3/c21-17-6-7-19(30-17)31(27,28)25-12-10-23(11-13-25)18(26)15-29-20-22-8-9-24(20)14-16-4-2-1-3-5-16/h1-9H,10-15H2. The van der Waals surface area contributed by atoms with E-state index in [-0.39, 0.29) is 29.0 Å². The van der Waals surface area contributed by atoms with Gasteiger partial charge in [-0.2, -0.15) is 4.31 Å². The third kappa shape index (κ3) is 5.32. The van der Waals surface area contributed by atoms with Gasteiger partial charge in [0.1, 0.15) is 4.21 Å². The van der Waals surface area contributed by atoms with Crippen molar-refractivity contribution in [3.63, 3.8) is 0 Å². The van der Waals surface area contributed by atoms with Crippen molar-refractivity contribution in [1.29, 1.82) is 0 Å². The van der Waals surface area contributed by atoms with Crippen LogP contribution in [0.4, 0.5) is 0 Å². The molecule has 1 saturated heterocycles. The molecule has 0 bridgehead atoms. The van der Waals surface area contributed by atoms with Crippen molar-refractivity contribution in [2.24, 2.45) is 0 Å². The lowest BCUT2D eigenvalue weighted by atomic mass is 10.2. The molecule has 11 heteroatoms. The van der Waals surface area contributed by atoms with Crippen LogP contribution in [0.25, 0.3) is 0 Å². The lowest BCUT2D eigenvalue weighted by Crippen LogP contribution is -2.50. The highest BCUT2D eigenvalue weighted by molar-refractivity contribution is 7.99. The zero-order chi connectivity index (χ0) is 21.8. The maximum atomic E-state index is 12.7. The molecule has 31 heavy (non-hydrogen) atoms. The maximum absolute atomic E-state index is 12.7. The predicted molar refractivity (Wildman–Crippen MR) is 123 cm³/mol. The first kappa shape index (κ1) is 22.3. The van der Waals surface area contributed by atoms with Crippen LogP contribution in [0.5, 0.6) is 0 Å². The number of piperazine rings is 1. The number of thiophene rings is 1. The van der Waals surface area contributed by atoms with Crippen molar-refractivity contribution in [3.8, 4) is 0 Å². The van der Waals surface area contributed by atoms with Crippen molar-refractivity contribution in [2.45, 2.75) is 15.9 Å². The minimum Gasteiger partial charge on any atom is -0.339 e. The highest BCUT2D eigenvalue weighted by Gasteiger charge is 2.31. The third-order valence-electron chi connectivity index (χ3n) is 4.93. The second-order valence-corrected chi connectivity index (χ2v) is 11.8. The summed E-state index contributed by atoms with van der Waals surface area (Å²) >= 11 is 8.32. The van der Waals surface area contributed by atoms with Crippen molar-refractivity contribution in [2.75, 3.05) is 31.9 Å². The molecule has 3 heterocycles. The molecule has 7 nitrogen and oxygen atoms in total. The molecular weight excluding hydrogens is 476 g/mol. The summed E-state index contributed by atoms with van der Waals surface area (Å²) < 4.78 is 29.5. The van der Waals surface area contributed by atoms with Gasteiger partial charge in [0.15, 0.2) is 5.16 Å². The summed E-state index contributed by atoms with van der Waals surface area (Å²) in [6.45, 7) is 1.99. The Morgan fingerprint density at radius 2 is 1.84 bits per heavy atom. The monoisotopic (exact) mass is 496 g/mol. The van der Waals surface area contributed by atoms with E-state index in [1.54, 1.807) is 17.2 Å². The Morgan fingerprint density at radius 3 is 2.52 bits per heavy atom. The zero-order valence-electron chi connectivity index (χ0n) is 16.6. The van der Waals surface area contributed by atoms with Crippen LogP contribution in [0.2, 0.25) is 4.34 Å². The van der Waals surface area contributed by atoms with Crippen LogP contribution in [0.1, 0.15) is 5.56 Å². The fraction of sp³-hybridized carbons (Fsp3) is 0.300. The van der Waals surface area contributed by atoms with Crippen LogP contribution in [0.3, 0.4) is 0 Å². The Morgan fingerprint density at radius 1 is 1.10 bits per heavy atom. The molecule has 0 unspecified atom stereocenters. The quantitative estimate of drug-likeness (QED) is 0.469. The van der Waals surface area contributed by atoms with Crippen LogP contribution in [-0.2, 0) is 21.4 Å². The molecule has 4 rings (SSSR count). The highest BCUT2D eigenvalue weighted by Crippen LogP contribution is 2.28. The normalized spacial score (nSPS) is 15.3. The van der Waals surface area contributed by atoms with Crippen LogP contribution < -0.4 is 0 Å². The van der Waals surface area contributed by atoms with E-state index in [2.05, 4.69) is 17.1 Å². The number of nitrogens with zero attached hydrogens (tertiary/aromatic N) is 4. The molecule has 2 aromatic heterocycles. The summed E-state index contributed by atoms with van der Waals surface area (Å²) in [6, 6.07) is 13.2. The van der Waals surface area contributed by atoms with Crippen molar-refractivity contribution in [3.05, 3.63) is 64.8 Å². The molecule has 0 atom stereocenters. The summed E-state index contributed by atoms with van der Waals surface area (Å²) in [5.41, 5.74) is 1.16. The van der Waals surface area contributed by atoms with Crippen molar-refractivity contribution < 1.29 is 13.2 Å². The molecule has 164 valence electrons. The molecule has 1 fully saturated rings. The summed E-state index contributed by atoms with van der Waals surface area (Å²) in [7, 11) is -3.56. The van der Waals surface area contributed by atoms with E-state index < -0.39 is 10.0 Å². The number of carbonyl (C=O) groups is 1. The number of rotatable bonds is 7. The summed E-state index contributed by atoms with van der Waals surface area (Å²) in [6.07, 6.45) is 3.64. The number of hydrogen-bond acceptors (Lipinski definition) is 6. The van der Waals surface area contributed by atoms with E-state index in [4.69, 9.17) is 11.6 Å². The SMILES string of the molecule is O=C(CSc1nccn1Cc1ccccc1)N1CCN(S(=O)(=O)c2ccc(Cl)s2)CC1. The van der Waals surface area contributed by atoms with Crippen molar-refractivity contribution >= 4 is 50.6 Å². The van der Waals surface area contributed by atoms with Crippen LogP contribution >= 0.6 is 34.7 Å². The first-order valence-corrected chi connectivity index (χ1v) is 13.3. The molecule has 1 aromatic carbocycles. The number of hydrogen-bond donors (Lipinski definition) is 0. The van der Waals surface area contributed by atoms with E-state index in [0.29, 0.717) is 24.0 Å². The van der Waals surface area contributed by atoms with Gasteiger partial charge in [-0.25, -0.2) is 13.4 Å². The van der Waals surface area contributed by atoms with E-state index in [1.807, 2.05) is 29.0 Å². The first-order chi connectivity index (χ1) is 14.9. The number of sulfonamides is 1. The van der Waals surface area contributed by atoms with Gasteiger partial charge in [-0.3, -0.25) is 4.79 Å². The van der Waals surface area contributed by atoms with Crippen LogP contribution in [-0.4, -0.2) is 65.0 Å². The van der Waals surface area contributed by atoms with Gasteiger partial charge in [-0.1, -0.05) is 53.7 Å². The third-order valence-corrected chi connectivity index (χ3v) is 9.52. The lowest BCUT2D eigenvalue weighted by molar-refractivity contribution is -0.129.